The molecule has 0 aromatic heterocycles. The molecule has 4 heteroatoms. The molecule has 1 heterocycles. The number of carbonyl (C=O) groups excluding carboxylic acids is 1. The van der Waals surface area contributed by atoms with E-state index in [2.05, 4.69) is 36.1 Å². The first kappa shape index (κ1) is 15.8. The Kier molecular flexibility index (Phi) is 5.85. The molecular formula is C16H31N3O. The van der Waals surface area contributed by atoms with Gasteiger partial charge in [0.05, 0.1) is 6.04 Å². The van der Waals surface area contributed by atoms with Gasteiger partial charge in [-0.3, -0.25) is 9.69 Å². The lowest BCUT2D eigenvalue weighted by Crippen LogP contribution is -2.51. The fourth-order valence-corrected chi connectivity index (χ4v) is 3.64. The first-order valence-electron chi connectivity index (χ1n) is 8.31. The van der Waals surface area contributed by atoms with Crippen LogP contribution in [0.5, 0.6) is 0 Å². The summed E-state index contributed by atoms with van der Waals surface area (Å²) >= 11 is 0. The van der Waals surface area contributed by atoms with Crippen molar-refractivity contribution in [3.05, 3.63) is 0 Å². The Bertz CT molecular complexity index is 307. The first-order valence-corrected chi connectivity index (χ1v) is 8.31. The smallest absolute Gasteiger partial charge is 0.239 e. The highest BCUT2D eigenvalue weighted by Crippen LogP contribution is 2.24. The van der Waals surface area contributed by atoms with Gasteiger partial charge < -0.3 is 10.2 Å². The highest BCUT2D eigenvalue weighted by Gasteiger charge is 2.31. The maximum absolute atomic E-state index is 12.6. The molecule has 1 amide bonds. The number of amides is 1. The third-order valence-electron chi connectivity index (χ3n) is 5.32. The zero-order valence-corrected chi connectivity index (χ0v) is 13.4. The number of likely N-dealkylation sites (tertiary alicyclic amines) is 1. The molecule has 0 bridgehead atoms. The zero-order chi connectivity index (χ0) is 14.5. The van der Waals surface area contributed by atoms with Crippen LogP contribution in [0.1, 0.15) is 51.9 Å². The van der Waals surface area contributed by atoms with Gasteiger partial charge in [-0.25, -0.2) is 0 Å². The molecule has 0 aromatic rings. The van der Waals surface area contributed by atoms with Crippen LogP contribution in [0.3, 0.4) is 0 Å². The summed E-state index contributed by atoms with van der Waals surface area (Å²) < 4.78 is 0. The van der Waals surface area contributed by atoms with Gasteiger partial charge >= 0.3 is 0 Å². The summed E-state index contributed by atoms with van der Waals surface area (Å²) in [5.41, 5.74) is 0. The highest BCUT2D eigenvalue weighted by molar-refractivity contribution is 5.81. The molecule has 1 N–H and O–H groups in total. The molecule has 1 aliphatic heterocycles. The molecule has 2 fully saturated rings. The van der Waals surface area contributed by atoms with Gasteiger partial charge in [0.1, 0.15) is 0 Å². The summed E-state index contributed by atoms with van der Waals surface area (Å²) in [7, 11) is 4.19. The SMILES string of the molecule is CNC1CCC(N(C)C(C)C(=O)N2CCCCC2)CC1. The van der Waals surface area contributed by atoms with E-state index in [1.165, 1.54) is 44.9 Å². The molecule has 1 saturated heterocycles. The molecule has 0 spiro atoms. The van der Waals surface area contributed by atoms with Crippen molar-refractivity contribution in [1.29, 1.82) is 0 Å². The van der Waals surface area contributed by atoms with Crippen molar-refractivity contribution in [3.63, 3.8) is 0 Å². The molecule has 1 aliphatic carbocycles. The fraction of sp³-hybridized carbons (Fsp3) is 0.938. The van der Waals surface area contributed by atoms with Gasteiger partial charge in [0.25, 0.3) is 0 Å². The van der Waals surface area contributed by atoms with Gasteiger partial charge in [0.15, 0.2) is 0 Å². The molecule has 2 rings (SSSR count). The van der Waals surface area contributed by atoms with E-state index in [1.807, 2.05) is 0 Å². The van der Waals surface area contributed by atoms with Gasteiger partial charge in [0.2, 0.25) is 5.91 Å². The van der Waals surface area contributed by atoms with Crippen molar-refractivity contribution in [2.75, 3.05) is 27.2 Å². The van der Waals surface area contributed by atoms with Crippen LogP contribution >= 0.6 is 0 Å². The first-order chi connectivity index (χ1) is 9.63. The second-order valence-corrected chi connectivity index (χ2v) is 6.52. The summed E-state index contributed by atoms with van der Waals surface area (Å²) in [5, 5.41) is 3.37. The van der Waals surface area contributed by atoms with E-state index in [1.54, 1.807) is 0 Å². The molecule has 116 valence electrons. The van der Waals surface area contributed by atoms with Gasteiger partial charge in [-0.2, -0.15) is 0 Å². The lowest BCUT2D eigenvalue weighted by atomic mass is 9.90. The van der Waals surface area contributed by atoms with Crippen LogP contribution in [-0.4, -0.2) is 61.0 Å². The van der Waals surface area contributed by atoms with Crippen molar-refractivity contribution in [2.45, 2.75) is 70.0 Å². The summed E-state index contributed by atoms with van der Waals surface area (Å²) in [6.07, 6.45) is 8.51. The standard InChI is InChI=1S/C16H31N3O/c1-13(16(20)19-11-5-4-6-12-19)18(3)15-9-7-14(17-2)8-10-15/h13-15,17H,4-12H2,1-3H3. The van der Waals surface area contributed by atoms with E-state index in [-0.39, 0.29) is 6.04 Å². The monoisotopic (exact) mass is 281 g/mol. The van der Waals surface area contributed by atoms with Crippen molar-refractivity contribution in [1.82, 2.24) is 15.1 Å². The third-order valence-corrected chi connectivity index (χ3v) is 5.32. The molecule has 0 radical (unpaired) electrons. The number of nitrogens with zero attached hydrogens (tertiary/aromatic N) is 2. The minimum atomic E-state index is 0.0317. The number of hydrogen-bond donors (Lipinski definition) is 1. The molecule has 2 aliphatic rings. The Morgan fingerprint density at radius 2 is 1.75 bits per heavy atom. The van der Waals surface area contributed by atoms with Crippen molar-refractivity contribution in [3.8, 4) is 0 Å². The molecule has 20 heavy (non-hydrogen) atoms. The van der Waals surface area contributed by atoms with Crippen molar-refractivity contribution in [2.24, 2.45) is 0 Å². The van der Waals surface area contributed by atoms with Gasteiger partial charge in [0, 0.05) is 25.2 Å². The van der Waals surface area contributed by atoms with Crippen molar-refractivity contribution >= 4 is 5.91 Å². The second-order valence-electron chi connectivity index (χ2n) is 6.52. The number of likely N-dealkylation sites (N-methyl/N-ethyl adjacent to an activating group) is 1. The van der Waals surface area contributed by atoms with Crippen LogP contribution < -0.4 is 5.32 Å². The minimum Gasteiger partial charge on any atom is -0.341 e. The van der Waals surface area contributed by atoms with Gasteiger partial charge in [-0.1, -0.05) is 0 Å². The quantitative estimate of drug-likeness (QED) is 0.854. The molecular weight excluding hydrogens is 250 g/mol. The van der Waals surface area contributed by atoms with E-state index < -0.39 is 0 Å². The molecule has 1 unspecified atom stereocenters. The topological polar surface area (TPSA) is 35.6 Å². The lowest BCUT2D eigenvalue weighted by Gasteiger charge is -2.39. The highest BCUT2D eigenvalue weighted by atomic mass is 16.2. The normalized spacial score (nSPS) is 29.5. The van der Waals surface area contributed by atoms with Gasteiger partial charge in [-0.15, -0.1) is 0 Å². The minimum absolute atomic E-state index is 0.0317. The predicted octanol–water partition coefficient (Wildman–Crippen LogP) is 1.85. The van der Waals surface area contributed by atoms with Crippen LogP contribution in [0.15, 0.2) is 0 Å². The van der Waals surface area contributed by atoms with E-state index in [9.17, 15) is 4.79 Å². The van der Waals surface area contributed by atoms with Crippen LogP contribution in [0.25, 0.3) is 0 Å². The zero-order valence-electron chi connectivity index (χ0n) is 13.4. The molecule has 4 nitrogen and oxygen atoms in total. The Labute approximate surface area is 123 Å². The fourth-order valence-electron chi connectivity index (χ4n) is 3.64. The molecule has 1 atom stereocenters. The van der Waals surface area contributed by atoms with Crippen LogP contribution in [0, 0.1) is 0 Å². The summed E-state index contributed by atoms with van der Waals surface area (Å²) in [6, 6.07) is 1.28. The number of carbonyl (C=O) groups is 1. The van der Waals surface area contributed by atoms with Crippen LogP contribution in [0.4, 0.5) is 0 Å². The average Bonchev–Trinajstić information content (AvgIpc) is 2.53. The second kappa shape index (κ2) is 7.41. The average molecular weight is 281 g/mol. The summed E-state index contributed by atoms with van der Waals surface area (Å²) in [4.78, 5) is 17.0. The van der Waals surface area contributed by atoms with E-state index in [0.717, 1.165) is 13.1 Å². The third kappa shape index (κ3) is 3.73. The summed E-state index contributed by atoms with van der Waals surface area (Å²) in [6.45, 7) is 4.01. The number of nitrogens with one attached hydrogen (secondary N) is 1. The number of hydrogen-bond acceptors (Lipinski definition) is 3. The number of piperidine rings is 1. The maximum Gasteiger partial charge on any atom is 0.239 e. The largest absolute Gasteiger partial charge is 0.341 e. The Balaban J connectivity index is 1.84. The van der Waals surface area contributed by atoms with E-state index >= 15 is 0 Å². The van der Waals surface area contributed by atoms with E-state index in [4.69, 9.17) is 0 Å². The van der Waals surface area contributed by atoms with Crippen LogP contribution in [0.2, 0.25) is 0 Å². The van der Waals surface area contributed by atoms with Crippen molar-refractivity contribution < 1.29 is 4.79 Å². The Morgan fingerprint density at radius 3 is 2.30 bits per heavy atom. The Morgan fingerprint density at radius 1 is 1.15 bits per heavy atom. The van der Waals surface area contributed by atoms with Crippen LogP contribution in [-0.2, 0) is 4.79 Å². The molecule has 0 aromatic carbocycles. The predicted molar refractivity (Wildman–Crippen MR) is 82.8 cm³/mol. The Hall–Kier alpha value is -0.610. The molecule has 1 saturated carbocycles. The van der Waals surface area contributed by atoms with Gasteiger partial charge in [-0.05, 0) is 66.0 Å². The lowest BCUT2D eigenvalue weighted by molar-refractivity contribution is -0.137. The maximum atomic E-state index is 12.6. The van der Waals surface area contributed by atoms with E-state index in [0.29, 0.717) is 18.0 Å². The number of rotatable bonds is 4. The summed E-state index contributed by atoms with van der Waals surface area (Å²) in [5.74, 6) is 0.336.